The van der Waals surface area contributed by atoms with Gasteiger partial charge in [0.15, 0.2) is 17.5 Å². The van der Waals surface area contributed by atoms with Crippen LogP contribution in [0.25, 0.3) is 0 Å². The molecule has 1 amide bonds. The van der Waals surface area contributed by atoms with Gasteiger partial charge in [-0.15, -0.1) is 0 Å². The Balaban J connectivity index is 1.87. The van der Waals surface area contributed by atoms with Crippen LogP contribution in [-0.4, -0.2) is 81.8 Å². The lowest BCUT2D eigenvalue weighted by Crippen LogP contribution is -2.57. The van der Waals surface area contributed by atoms with Crippen LogP contribution >= 0.6 is 0 Å². The van der Waals surface area contributed by atoms with Gasteiger partial charge >= 0.3 is 11.9 Å². The predicted molar refractivity (Wildman–Crippen MR) is 193 cm³/mol. The van der Waals surface area contributed by atoms with Crippen molar-refractivity contribution in [2.45, 2.75) is 66.5 Å². The van der Waals surface area contributed by atoms with E-state index in [-0.39, 0.29) is 57.0 Å². The molecule has 0 bridgehead atoms. The van der Waals surface area contributed by atoms with Crippen molar-refractivity contribution in [2.24, 2.45) is 17.3 Å². The molecule has 2 atom stereocenters. The molecule has 284 valence electrons. The van der Waals surface area contributed by atoms with Crippen molar-refractivity contribution in [3.8, 4) is 17.2 Å². The summed E-state index contributed by atoms with van der Waals surface area (Å²) in [6.45, 7) is 14.4. The number of hydrogen-bond acceptors (Lipinski definition) is 10. The molecule has 0 radical (unpaired) electrons. The minimum Gasteiger partial charge on any atom is -0.493 e. The number of esters is 2. The van der Waals surface area contributed by atoms with Gasteiger partial charge in [0.1, 0.15) is 30.9 Å². The zero-order chi connectivity index (χ0) is 38.6. The van der Waals surface area contributed by atoms with E-state index in [1.54, 1.807) is 24.3 Å². The topological polar surface area (TPSA) is 127 Å². The Morgan fingerprint density at radius 2 is 1.75 bits per heavy atom. The number of carbonyl (C=O) groups excluding carboxylic acids is 4. The number of hydrogen-bond donors (Lipinski definition) is 0. The molecule has 1 saturated heterocycles. The number of allylic oxidation sites excluding steroid dienone is 1. The number of methoxy groups -OCH3 is 2. The lowest BCUT2D eigenvalue weighted by atomic mass is 9.88. The maximum Gasteiger partial charge on any atom is 0.331 e. The molecule has 1 fully saturated rings. The molecule has 1 aliphatic heterocycles. The van der Waals surface area contributed by atoms with Crippen molar-refractivity contribution >= 4 is 23.6 Å². The highest BCUT2D eigenvalue weighted by Crippen LogP contribution is 2.32. The average Bonchev–Trinajstić information content (AvgIpc) is 3.12. The normalized spacial score (nSPS) is 15.4. The van der Waals surface area contributed by atoms with Crippen LogP contribution < -0.4 is 14.2 Å². The first-order chi connectivity index (χ1) is 24.6. The van der Waals surface area contributed by atoms with Gasteiger partial charge in [0.25, 0.3) is 5.91 Å². The molecule has 1 aliphatic rings. The maximum absolute atomic E-state index is 15.0. The van der Waals surface area contributed by atoms with Crippen molar-refractivity contribution in [3.05, 3.63) is 77.6 Å². The molecular formula is C40H52FNO10. The van der Waals surface area contributed by atoms with E-state index >= 15 is 4.39 Å². The number of aryl methyl sites for hydroxylation is 1. The van der Waals surface area contributed by atoms with E-state index in [1.165, 1.54) is 46.3 Å². The first kappa shape index (κ1) is 41.7. The molecule has 12 heteroatoms. The number of nitrogens with zero attached hydrogens (tertiary/aromatic N) is 1. The summed E-state index contributed by atoms with van der Waals surface area (Å²) in [7, 11) is 3.06. The van der Waals surface area contributed by atoms with Gasteiger partial charge in [-0.25, -0.2) is 14.0 Å². The molecule has 2 aromatic rings. The number of Topliss-reactive ketones (excluding diaryl/α,β-unsaturated/α-hetero) is 1. The summed E-state index contributed by atoms with van der Waals surface area (Å²) >= 11 is 0. The Morgan fingerprint density at radius 1 is 1.04 bits per heavy atom. The fourth-order valence-electron chi connectivity index (χ4n) is 5.14. The zero-order valence-corrected chi connectivity index (χ0v) is 31.5. The zero-order valence-electron chi connectivity index (χ0n) is 31.5. The molecule has 0 saturated carbocycles. The molecule has 0 N–H and O–H groups in total. The van der Waals surface area contributed by atoms with Crippen molar-refractivity contribution in [1.82, 2.24) is 4.90 Å². The molecule has 11 nitrogen and oxygen atoms in total. The summed E-state index contributed by atoms with van der Waals surface area (Å²) < 4.78 is 48.5. The second-order valence-electron chi connectivity index (χ2n) is 14.0. The number of amides is 1. The number of morpholine rings is 1. The van der Waals surface area contributed by atoms with Gasteiger partial charge in [-0.2, -0.15) is 0 Å². The monoisotopic (exact) mass is 725 g/mol. The fourth-order valence-corrected chi connectivity index (χ4v) is 5.14. The van der Waals surface area contributed by atoms with Crippen LogP contribution in [0.2, 0.25) is 0 Å². The predicted octanol–water partition coefficient (Wildman–Crippen LogP) is 6.23. The van der Waals surface area contributed by atoms with Crippen LogP contribution in [0.5, 0.6) is 17.2 Å². The van der Waals surface area contributed by atoms with E-state index in [0.29, 0.717) is 23.5 Å². The smallest absolute Gasteiger partial charge is 0.331 e. The summed E-state index contributed by atoms with van der Waals surface area (Å²) in [5.74, 6) is -2.26. The molecule has 52 heavy (non-hydrogen) atoms. The number of carbonyl (C=O) groups is 4. The SMILES string of the molecule is C=C(COc1cc(F)cc([C@@H](CCc2ccc(OC)c(OC)c2)OC(=O)[C@@H]2COCCN2C(=O)C(=O)C(C)(C)COC(=O)C=CC(C)C)c1)C(C)C. The van der Waals surface area contributed by atoms with Gasteiger partial charge < -0.3 is 33.3 Å². The van der Waals surface area contributed by atoms with E-state index in [2.05, 4.69) is 6.58 Å². The third-order valence-electron chi connectivity index (χ3n) is 8.57. The van der Waals surface area contributed by atoms with Crippen molar-refractivity contribution in [1.29, 1.82) is 0 Å². The Kier molecular flexibility index (Phi) is 15.4. The van der Waals surface area contributed by atoms with Gasteiger partial charge in [-0.05, 0) is 79.5 Å². The first-order valence-corrected chi connectivity index (χ1v) is 17.4. The summed E-state index contributed by atoms with van der Waals surface area (Å²) in [5.41, 5.74) is 0.611. The minimum atomic E-state index is -1.38. The van der Waals surface area contributed by atoms with Crippen LogP contribution in [0.3, 0.4) is 0 Å². The number of halogens is 1. The molecule has 0 aromatic heterocycles. The van der Waals surface area contributed by atoms with E-state index in [9.17, 15) is 19.2 Å². The van der Waals surface area contributed by atoms with Crippen LogP contribution in [0, 0.1) is 23.1 Å². The lowest BCUT2D eigenvalue weighted by Gasteiger charge is -2.36. The summed E-state index contributed by atoms with van der Waals surface area (Å²) in [4.78, 5) is 54.3. The molecule has 3 rings (SSSR count). The number of rotatable bonds is 18. The van der Waals surface area contributed by atoms with Gasteiger partial charge in [-0.3, -0.25) is 9.59 Å². The number of ether oxygens (including phenoxy) is 6. The molecule has 0 unspecified atom stereocenters. The van der Waals surface area contributed by atoms with E-state index in [1.807, 2.05) is 33.8 Å². The summed E-state index contributed by atoms with van der Waals surface area (Å²) in [6, 6.07) is 8.25. The van der Waals surface area contributed by atoms with Crippen molar-refractivity contribution in [3.63, 3.8) is 0 Å². The third-order valence-corrected chi connectivity index (χ3v) is 8.57. The summed E-state index contributed by atoms with van der Waals surface area (Å²) in [6.07, 6.45) is 2.55. The molecular weight excluding hydrogens is 673 g/mol. The fraction of sp³-hybridized carbons (Fsp3) is 0.500. The standard InChI is InChI=1S/C40H52FNO10/c1-25(2)10-15-36(43)51-24-40(6,7)37(44)38(45)42-16-17-49-23-32(42)39(46)52-33(13-11-28-12-14-34(47-8)35(18-28)48-9)29-19-30(41)21-31(20-29)50-22-27(5)26(3)4/h10,12,14-15,18-21,25-26,32-33H,5,11,13,16-17,22-24H2,1-4,6-9H3/t32-,33+/m0/s1. The van der Waals surface area contributed by atoms with Gasteiger partial charge in [0.2, 0.25) is 5.78 Å². The highest BCUT2D eigenvalue weighted by Gasteiger charge is 2.43. The Labute approximate surface area is 306 Å². The third kappa shape index (κ3) is 11.9. The van der Waals surface area contributed by atoms with E-state index < -0.39 is 47.0 Å². The molecule has 1 heterocycles. The van der Waals surface area contributed by atoms with Crippen molar-refractivity contribution < 1.29 is 52.0 Å². The van der Waals surface area contributed by atoms with E-state index in [4.69, 9.17) is 28.4 Å². The quantitative estimate of drug-likeness (QED) is 0.0756. The van der Waals surface area contributed by atoms with Crippen LogP contribution in [0.15, 0.2) is 60.7 Å². The Morgan fingerprint density at radius 3 is 2.40 bits per heavy atom. The number of ketones is 1. The largest absolute Gasteiger partial charge is 0.493 e. The Hall–Kier alpha value is -4.71. The van der Waals surface area contributed by atoms with E-state index in [0.717, 1.165) is 16.0 Å². The van der Waals surface area contributed by atoms with Gasteiger partial charge in [-0.1, -0.05) is 46.4 Å². The molecule has 2 aromatic carbocycles. The maximum atomic E-state index is 15.0. The number of benzene rings is 2. The van der Waals surface area contributed by atoms with Crippen LogP contribution in [0.1, 0.15) is 65.2 Å². The first-order valence-electron chi connectivity index (χ1n) is 17.4. The molecule has 0 aliphatic carbocycles. The van der Waals surface area contributed by atoms with Crippen molar-refractivity contribution in [2.75, 3.05) is 47.2 Å². The van der Waals surface area contributed by atoms with Crippen LogP contribution in [-0.2, 0) is 39.8 Å². The van der Waals surface area contributed by atoms with Gasteiger partial charge in [0.05, 0.1) is 32.8 Å². The summed E-state index contributed by atoms with van der Waals surface area (Å²) in [5, 5.41) is 0. The highest BCUT2D eigenvalue weighted by atomic mass is 19.1. The Bertz CT molecular complexity index is 1620. The lowest BCUT2D eigenvalue weighted by molar-refractivity contribution is -0.170. The second-order valence-corrected chi connectivity index (χ2v) is 14.0. The second kappa shape index (κ2) is 19.2. The highest BCUT2D eigenvalue weighted by molar-refractivity contribution is 6.38. The van der Waals surface area contributed by atoms with Gasteiger partial charge in [0, 0.05) is 18.7 Å². The van der Waals surface area contributed by atoms with Crippen LogP contribution in [0.4, 0.5) is 4.39 Å². The average molecular weight is 726 g/mol. The molecule has 0 spiro atoms. The minimum absolute atomic E-state index is 0.0503.